The van der Waals surface area contributed by atoms with Gasteiger partial charge in [0.25, 0.3) is 5.91 Å². The van der Waals surface area contributed by atoms with Crippen molar-refractivity contribution in [1.82, 2.24) is 9.80 Å². The number of ether oxygens (including phenoxy) is 1. The quantitative estimate of drug-likeness (QED) is 0.463. The van der Waals surface area contributed by atoms with Crippen molar-refractivity contribution in [2.75, 3.05) is 6.54 Å². The molecule has 1 saturated heterocycles. The summed E-state index contributed by atoms with van der Waals surface area (Å²) in [4.78, 5) is 42.7. The van der Waals surface area contributed by atoms with Gasteiger partial charge in [-0.1, -0.05) is 36.4 Å². The van der Waals surface area contributed by atoms with E-state index in [4.69, 9.17) is 4.74 Å². The van der Waals surface area contributed by atoms with Crippen molar-refractivity contribution >= 4 is 29.6 Å². The van der Waals surface area contributed by atoms with Gasteiger partial charge in [-0.25, -0.2) is 9.59 Å². The molecule has 2 amide bonds. The molecule has 0 spiro atoms. The maximum Gasteiger partial charge on any atom is 0.423 e. The third kappa shape index (κ3) is 1.94. The molecule has 2 atom stereocenters. The van der Waals surface area contributed by atoms with Crippen LogP contribution >= 0.6 is 0 Å². The van der Waals surface area contributed by atoms with E-state index in [-0.39, 0.29) is 11.8 Å². The fraction of sp³-hybridized carbons (Fsp3) is 0.222. The number of nitrogens with zero attached hydrogens (tertiary/aromatic N) is 2. The molecule has 1 fully saturated rings. The van der Waals surface area contributed by atoms with Crippen LogP contribution in [-0.2, 0) is 14.3 Å². The van der Waals surface area contributed by atoms with Crippen molar-refractivity contribution < 1.29 is 19.1 Å². The second-order valence-corrected chi connectivity index (χ2v) is 9.37. The summed E-state index contributed by atoms with van der Waals surface area (Å²) in [5.74, 6) is -0.880. The van der Waals surface area contributed by atoms with Gasteiger partial charge in [0.2, 0.25) is 0 Å². The Morgan fingerprint density at radius 3 is 2.82 bits per heavy atom. The zero-order valence-electron chi connectivity index (χ0n) is 17.6. The Labute approximate surface area is 188 Å². The molecule has 33 heavy (non-hydrogen) atoms. The Hall–Kier alpha value is -3.93. The predicted octanol–water partition coefficient (Wildman–Crippen LogP) is 2.05. The Balaban J connectivity index is 1.53. The van der Waals surface area contributed by atoms with Gasteiger partial charge in [-0.3, -0.25) is 9.69 Å². The number of carbonyl (C=O) groups is 3. The number of hydrogen-bond acceptors (Lipinski definition) is 4. The smallest absolute Gasteiger partial charge is 0.372 e. The average Bonchev–Trinajstić information content (AvgIpc) is 2.95. The molecule has 4 aliphatic carbocycles. The monoisotopic (exact) mass is 434 g/mol. The Morgan fingerprint density at radius 2 is 1.91 bits per heavy atom. The van der Waals surface area contributed by atoms with Crippen LogP contribution in [-0.4, -0.2) is 40.5 Å². The van der Waals surface area contributed by atoms with Crippen LogP contribution in [0.2, 0.25) is 0 Å². The van der Waals surface area contributed by atoms with Crippen LogP contribution < -0.4 is 10.4 Å². The van der Waals surface area contributed by atoms with E-state index in [0.717, 1.165) is 35.1 Å². The van der Waals surface area contributed by atoms with E-state index >= 15 is 0 Å². The van der Waals surface area contributed by atoms with Crippen LogP contribution in [0.4, 0.5) is 4.79 Å². The number of amides is 2. The molecule has 0 N–H and O–H groups in total. The van der Waals surface area contributed by atoms with Crippen LogP contribution in [0.5, 0.6) is 0 Å². The highest BCUT2D eigenvalue weighted by atomic mass is 16.6. The van der Waals surface area contributed by atoms with Gasteiger partial charge in [0.15, 0.2) is 0 Å². The largest absolute Gasteiger partial charge is 0.423 e. The van der Waals surface area contributed by atoms with Gasteiger partial charge < -0.3 is 9.64 Å². The second-order valence-electron chi connectivity index (χ2n) is 9.37. The molecule has 3 heterocycles. The minimum absolute atomic E-state index is 0.0941. The molecule has 8 rings (SSSR count). The van der Waals surface area contributed by atoms with E-state index in [1.54, 1.807) is 17.2 Å². The number of hydrogen-bond donors (Lipinski definition) is 0. The number of allylic oxidation sites excluding steroid dienone is 4. The van der Waals surface area contributed by atoms with E-state index < -0.39 is 18.2 Å². The summed E-state index contributed by atoms with van der Waals surface area (Å²) in [7, 11) is 0. The first kappa shape index (κ1) is 17.6. The fourth-order valence-electron chi connectivity index (χ4n) is 6.75. The lowest BCUT2D eigenvalue weighted by Crippen LogP contribution is -2.57. The molecule has 6 heteroatoms. The summed E-state index contributed by atoms with van der Waals surface area (Å²) in [5, 5.41) is 2.51. The zero-order chi connectivity index (χ0) is 22.0. The lowest BCUT2D eigenvalue weighted by atomic mass is 9.63. The molecule has 0 saturated carbocycles. The number of benzene rings is 1. The lowest BCUT2D eigenvalue weighted by molar-refractivity contribution is -0.133. The first-order valence-electron chi connectivity index (χ1n) is 11.4. The number of esters is 1. The predicted molar refractivity (Wildman–Crippen MR) is 118 cm³/mol. The SMILES string of the molecule is O=C1OC(=O)N2C=CCN3C(=O)C4=CCC5=C6C4=C(C1=CC6c1cccc4c1=C5CCC=4)C23. The first-order chi connectivity index (χ1) is 16.1. The number of carbonyl (C=O) groups excluding carboxylic acids is 3. The molecular weight excluding hydrogens is 416 g/mol. The van der Waals surface area contributed by atoms with Gasteiger partial charge in [0.05, 0.1) is 5.57 Å². The summed E-state index contributed by atoms with van der Waals surface area (Å²) in [6.07, 6.45) is 10.9. The minimum atomic E-state index is -0.745. The molecule has 1 aromatic carbocycles. The lowest BCUT2D eigenvalue weighted by Gasteiger charge is -2.48. The molecule has 2 unspecified atom stereocenters. The van der Waals surface area contributed by atoms with Crippen molar-refractivity contribution in [3.05, 3.63) is 92.1 Å². The summed E-state index contributed by atoms with van der Waals surface area (Å²) in [5.41, 5.74) is 7.56. The van der Waals surface area contributed by atoms with Crippen LogP contribution in [0.25, 0.3) is 11.6 Å². The maximum absolute atomic E-state index is 13.7. The molecule has 160 valence electrons. The summed E-state index contributed by atoms with van der Waals surface area (Å²) in [6.45, 7) is 0.387. The van der Waals surface area contributed by atoms with E-state index in [1.807, 2.05) is 12.2 Å². The molecule has 0 bridgehead atoms. The van der Waals surface area contributed by atoms with Crippen molar-refractivity contribution in [3.8, 4) is 0 Å². The summed E-state index contributed by atoms with van der Waals surface area (Å²) in [6, 6.07) is 6.35. The third-order valence-electron chi connectivity index (χ3n) is 7.95. The standard InChI is InChI=1S/C27H18N2O4/c30-25-17-9-8-16-14-6-1-4-13-5-2-7-15(20(13)14)18-12-19-23(22(17)21(16)18)24-28(25)10-3-11-29(24)27(32)33-26(19)31/h2-5,7,9,11-12,18,24H,1,6,8,10H2. The molecule has 7 aliphatic rings. The molecule has 3 aliphatic heterocycles. The maximum atomic E-state index is 13.7. The third-order valence-corrected chi connectivity index (χ3v) is 7.95. The topological polar surface area (TPSA) is 66.9 Å². The van der Waals surface area contributed by atoms with Crippen LogP contribution in [0.1, 0.15) is 30.7 Å². The Morgan fingerprint density at radius 1 is 1.00 bits per heavy atom. The van der Waals surface area contributed by atoms with Crippen LogP contribution in [0.15, 0.2) is 76.1 Å². The van der Waals surface area contributed by atoms with Crippen molar-refractivity contribution in [1.29, 1.82) is 0 Å². The van der Waals surface area contributed by atoms with Crippen LogP contribution in [0, 0.1) is 0 Å². The minimum Gasteiger partial charge on any atom is -0.372 e. The number of fused-ring (bicyclic) bond motifs is 2. The molecule has 0 aromatic heterocycles. The fourth-order valence-corrected chi connectivity index (χ4v) is 6.75. The van der Waals surface area contributed by atoms with Gasteiger partial charge in [-0.05, 0) is 63.6 Å². The number of cyclic esters (lactones) is 2. The van der Waals surface area contributed by atoms with E-state index in [2.05, 4.69) is 24.3 Å². The summed E-state index contributed by atoms with van der Waals surface area (Å²) < 4.78 is 5.24. The Bertz CT molecular complexity index is 1560. The highest BCUT2D eigenvalue weighted by Crippen LogP contribution is 2.54. The van der Waals surface area contributed by atoms with Gasteiger partial charge in [0.1, 0.15) is 6.17 Å². The molecule has 0 radical (unpaired) electrons. The summed E-state index contributed by atoms with van der Waals surface area (Å²) >= 11 is 0. The Kier molecular flexibility index (Phi) is 3.04. The van der Waals surface area contributed by atoms with E-state index in [1.165, 1.54) is 26.5 Å². The first-order valence-corrected chi connectivity index (χ1v) is 11.4. The van der Waals surface area contributed by atoms with Gasteiger partial charge >= 0.3 is 12.1 Å². The normalized spacial score (nSPS) is 28.0. The second kappa shape index (κ2) is 5.70. The number of rotatable bonds is 0. The zero-order valence-corrected chi connectivity index (χ0v) is 17.6. The highest BCUT2D eigenvalue weighted by Gasteiger charge is 2.53. The van der Waals surface area contributed by atoms with Gasteiger partial charge in [-0.15, -0.1) is 0 Å². The average molecular weight is 434 g/mol. The van der Waals surface area contributed by atoms with Gasteiger partial charge in [-0.2, -0.15) is 0 Å². The molecule has 1 aromatic rings. The van der Waals surface area contributed by atoms with Crippen molar-refractivity contribution in [2.24, 2.45) is 0 Å². The molecular formula is C27H18N2O4. The van der Waals surface area contributed by atoms with E-state index in [0.29, 0.717) is 24.1 Å². The van der Waals surface area contributed by atoms with Crippen molar-refractivity contribution in [2.45, 2.75) is 31.3 Å². The van der Waals surface area contributed by atoms with Gasteiger partial charge in [0, 0.05) is 29.8 Å². The van der Waals surface area contributed by atoms with Crippen molar-refractivity contribution in [3.63, 3.8) is 0 Å². The van der Waals surface area contributed by atoms with E-state index in [9.17, 15) is 14.4 Å². The van der Waals surface area contributed by atoms with Crippen LogP contribution in [0.3, 0.4) is 0 Å². The molecule has 6 nitrogen and oxygen atoms in total. The highest BCUT2D eigenvalue weighted by molar-refractivity contribution is 6.10.